The predicted molar refractivity (Wildman–Crippen MR) is 77.0 cm³/mol. The Labute approximate surface area is 123 Å². The normalized spacial score (nSPS) is 11.9. The molecule has 102 valence electrons. The maximum absolute atomic E-state index is 2.53. The molecule has 0 bridgehead atoms. The van der Waals surface area contributed by atoms with Gasteiger partial charge < -0.3 is 0 Å². The Hall–Kier alpha value is -0.162. The van der Waals surface area contributed by atoms with Crippen molar-refractivity contribution in [3.63, 3.8) is 0 Å². The van der Waals surface area contributed by atoms with Crippen molar-refractivity contribution < 1.29 is 19.4 Å². The molecular formula is C16H27NW. The summed E-state index contributed by atoms with van der Waals surface area (Å²) in [6.07, 6.45) is 1.19. The van der Waals surface area contributed by atoms with Crippen LogP contribution in [0.3, 0.4) is 0 Å². The number of aryl methyl sites for hydroxylation is 1. The molecule has 0 aliphatic rings. The average molecular weight is 417 g/mol. The molecule has 0 aliphatic carbocycles. The summed E-state index contributed by atoms with van der Waals surface area (Å²) >= 11 is 1.62. The van der Waals surface area contributed by atoms with Crippen molar-refractivity contribution >= 4 is 3.90 Å². The Morgan fingerprint density at radius 3 is 2.11 bits per heavy atom. The molecule has 2 heteroatoms. The second-order valence-corrected chi connectivity index (χ2v) is 7.81. The number of hydrogen-bond donors (Lipinski definition) is 0. The van der Waals surface area contributed by atoms with Crippen LogP contribution in [0.2, 0.25) is 0 Å². The Morgan fingerprint density at radius 2 is 1.72 bits per heavy atom. The Bertz CT molecular complexity index is 425. The maximum atomic E-state index is 2.53. The standard InChI is InChI=1S/C16H27N.W/c1-11(2)8-15-10-14(7)17(13(5)6)16(15)9-12(3)4;/h10-13H,9H2,1-7H3;. The van der Waals surface area contributed by atoms with Crippen LogP contribution >= 0.6 is 0 Å². The van der Waals surface area contributed by atoms with E-state index in [9.17, 15) is 0 Å². The molecule has 0 amide bonds. The Kier molecular flexibility index (Phi) is 5.59. The summed E-state index contributed by atoms with van der Waals surface area (Å²) in [5.41, 5.74) is 4.49. The van der Waals surface area contributed by atoms with E-state index in [1.165, 1.54) is 17.7 Å². The van der Waals surface area contributed by atoms with Crippen LogP contribution in [0.5, 0.6) is 0 Å². The van der Waals surface area contributed by atoms with Gasteiger partial charge in [0.15, 0.2) is 0 Å². The van der Waals surface area contributed by atoms with Gasteiger partial charge in [-0.3, -0.25) is 0 Å². The minimum absolute atomic E-state index is 0.558. The second kappa shape index (κ2) is 6.33. The molecule has 0 aliphatic heterocycles. The molecule has 0 N–H and O–H groups in total. The van der Waals surface area contributed by atoms with E-state index < -0.39 is 0 Å². The summed E-state index contributed by atoms with van der Waals surface area (Å²) in [7, 11) is 0. The van der Waals surface area contributed by atoms with Crippen LogP contribution in [0.1, 0.15) is 64.5 Å². The van der Waals surface area contributed by atoms with Crippen LogP contribution in [0.25, 0.3) is 0 Å². The summed E-state index contributed by atoms with van der Waals surface area (Å²) in [5.74, 6) is 1.37. The van der Waals surface area contributed by atoms with Gasteiger partial charge in [-0.15, -0.1) is 0 Å². The molecule has 0 radical (unpaired) electrons. The second-order valence-electron chi connectivity index (χ2n) is 6.23. The van der Waals surface area contributed by atoms with Crippen LogP contribution in [-0.2, 0) is 25.8 Å². The molecule has 0 spiro atoms. The first-order valence-electron chi connectivity index (χ1n) is 7.00. The van der Waals surface area contributed by atoms with Crippen LogP contribution in [0, 0.1) is 18.8 Å². The topological polar surface area (TPSA) is 4.93 Å². The Morgan fingerprint density at radius 1 is 1.17 bits per heavy atom. The fourth-order valence-corrected chi connectivity index (χ4v) is 3.18. The van der Waals surface area contributed by atoms with Gasteiger partial charge in [0.2, 0.25) is 0 Å². The van der Waals surface area contributed by atoms with E-state index in [-0.39, 0.29) is 0 Å². The summed E-state index contributed by atoms with van der Waals surface area (Å²) < 4.78 is 4.13. The van der Waals surface area contributed by atoms with Gasteiger partial charge in [-0.1, -0.05) is 0 Å². The summed E-state index contributed by atoms with van der Waals surface area (Å²) in [4.78, 5) is 0. The number of hydrogen-bond acceptors (Lipinski definition) is 0. The number of nitrogens with zero attached hydrogens (tertiary/aromatic N) is 1. The molecule has 18 heavy (non-hydrogen) atoms. The van der Waals surface area contributed by atoms with E-state index in [4.69, 9.17) is 0 Å². The molecule has 0 saturated carbocycles. The zero-order valence-electron chi connectivity index (χ0n) is 12.9. The van der Waals surface area contributed by atoms with Crippen LogP contribution < -0.4 is 0 Å². The van der Waals surface area contributed by atoms with E-state index >= 15 is 0 Å². The monoisotopic (exact) mass is 417 g/mol. The van der Waals surface area contributed by atoms with Crippen molar-refractivity contribution in [2.24, 2.45) is 11.8 Å². The van der Waals surface area contributed by atoms with Crippen LogP contribution in [0.4, 0.5) is 0 Å². The SMILES string of the molecule is Cc1cc([C](=[W])C(C)C)c(CC(C)C)n1C(C)C. The van der Waals surface area contributed by atoms with E-state index in [1.54, 1.807) is 28.9 Å². The molecule has 1 nitrogen and oxygen atoms in total. The zero-order valence-corrected chi connectivity index (χ0v) is 15.8. The van der Waals surface area contributed by atoms with Crippen molar-refractivity contribution in [3.05, 3.63) is 23.0 Å². The third kappa shape index (κ3) is 3.44. The van der Waals surface area contributed by atoms with Gasteiger partial charge in [0, 0.05) is 0 Å². The molecule has 1 rings (SSSR count). The molecule has 1 aromatic rings. The molecule has 0 aromatic carbocycles. The van der Waals surface area contributed by atoms with Crippen molar-refractivity contribution in [1.82, 2.24) is 4.57 Å². The molecule has 0 fully saturated rings. The number of aromatic nitrogens is 1. The van der Waals surface area contributed by atoms with E-state index in [0.717, 1.165) is 0 Å². The first-order valence-corrected chi connectivity index (χ1v) is 8.47. The van der Waals surface area contributed by atoms with Gasteiger partial charge >= 0.3 is 124 Å². The summed E-state index contributed by atoms with van der Waals surface area (Å²) in [6.45, 7) is 16.1. The van der Waals surface area contributed by atoms with Gasteiger partial charge in [-0.2, -0.15) is 0 Å². The molecule has 1 heterocycles. The zero-order chi connectivity index (χ0) is 14.0. The number of rotatable bonds is 5. The van der Waals surface area contributed by atoms with Crippen molar-refractivity contribution in [1.29, 1.82) is 0 Å². The quantitative estimate of drug-likeness (QED) is 0.674. The fourth-order valence-electron chi connectivity index (χ4n) is 2.54. The van der Waals surface area contributed by atoms with Gasteiger partial charge in [-0.25, -0.2) is 0 Å². The molecule has 0 atom stereocenters. The van der Waals surface area contributed by atoms with Crippen molar-refractivity contribution in [3.8, 4) is 0 Å². The third-order valence-corrected chi connectivity index (χ3v) is 5.73. The van der Waals surface area contributed by atoms with E-state index in [2.05, 4.69) is 59.1 Å². The summed E-state index contributed by atoms with van der Waals surface area (Å²) in [6, 6.07) is 2.96. The van der Waals surface area contributed by atoms with Gasteiger partial charge in [0.05, 0.1) is 0 Å². The molecule has 1 aromatic heterocycles. The molecular weight excluding hydrogens is 390 g/mol. The van der Waals surface area contributed by atoms with Crippen molar-refractivity contribution in [2.75, 3.05) is 0 Å². The predicted octanol–water partition coefficient (Wildman–Crippen LogP) is 4.30. The van der Waals surface area contributed by atoms with E-state index in [0.29, 0.717) is 17.9 Å². The summed E-state index contributed by atoms with van der Waals surface area (Å²) in [5, 5.41) is 0. The molecule has 0 unspecified atom stereocenters. The van der Waals surface area contributed by atoms with Crippen LogP contribution in [0.15, 0.2) is 6.07 Å². The van der Waals surface area contributed by atoms with Crippen molar-refractivity contribution in [2.45, 2.75) is 60.9 Å². The Balaban J connectivity index is 3.34. The van der Waals surface area contributed by atoms with Gasteiger partial charge in [-0.05, 0) is 0 Å². The van der Waals surface area contributed by atoms with Crippen LogP contribution in [-0.4, -0.2) is 8.47 Å². The first kappa shape index (κ1) is 15.9. The third-order valence-electron chi connectivity index (χ3n) is 3.24. The van der Waals surface area contributed by atoms with E-state index in [1.807, 2.05) is 0 Å². The minimum atomic E-state index is 0.558. The first-order chi connectivity index (χ1) is 8.25. The average Bonchev–Trinajstić information content (AvgIpc) is 2.53. The van der Waals surface area contributed by atoms with Gasteiger partial charge in [0.1, 0.15) is 0 Å². The van der Waals surface area contributed by atoms with Gasteiger partial charge in [0.25, 0.3) is 0 Å². The molecule has 0 saturated heterocycles. The fraction of sp³-hybridized carbons (Fsp3) is 0.688.